The molecule has 5 rings (SSSR count). The van der Waals surface area contributed by atoms with Gasteiger partial charge in [0.2, 0.25) is 11.8 Å². The Hall–Kier alpha value is -5.60. The van der Waals surface area contributed by atoms with E-state index in [2.05, 4.69) is 4.98 Å². The zero-order valence-corrected chi connectivity index (χ0v) is 23.0. The number of carbonyl (C=O) groups excluding carboxylic acids is 1. The summed E-state index contributed by atoms with van der Waals surface area (Å²) in [5, 5.41) is 18.4. The predicted molar refractivity (Wildman–Crippen MR) is 155 cm³/mol. The van der Waals surface area contributed by atoms with Gasteiger partial charge in [-0.1, -0.05) is 36.4 Å². The topological polar surface area (TPSA) is 153 Å². The lowest BCUT2D eigenvalue weighted by Gasteiger charge is -2.15. The molecule has 216 valence electrons. The number of pyridine rings is 1. The van der Waals surface area contributed by atoms with Crippen LogP contribution in [0.3, 0.4) is 0 Å². The van der Waals surface area contributed by atoms with Gasteiger partial charge in [0.05, 0.1) is 40.5 Å². The molecule has 5 aromatic rings. The Morgan fingerprint density at radius 2 is 1.86 bits per heavy atom. The summed E-state index contributed by atoms with van der Waals surface area (Å²) in [6.45, 7) is 0.0312. The van der Waals surface area contributed by atoms with Crippen molar-refractivity contribution in [1.29, 1.82) is 5.26 Å². The first kappa shape index (κ1) is 28.9. The monoisotopic (exact) mass is 579 g/mol. The lowest BCUT2D eigenvalue weighted by Crippen LogP contribution is -2.34. The molecule has 0 bridgehead atoms. The maximum absolute atomic E-state index is 14.2. The van der Waals surface area contributed by atoms with Gasteiger partial charge in [-0.2, -0.15) is 5.26 Å². The average Bonchev–Trinajstić information content (AvgIpc) is 3.35. The Morgan fingerprint density at radius 3 is 2.53 bits per heavy atom. The Labute approximate surface area is 245 Å². The van der Waals surface area contributed by atoms with Crippen molar-refractivity contribution in [3.05, 3.63) is 113 Å². The number of primary amides is 1. The second-order valence-corrected chi connectivity index (χ2v) is 9.72. The van der Waals surface area contributed by atoms with Crippen LogP contribution in [0, 0.1) is 17.1 Å². The van der Waals surface area contributed by atoms with Crippen molar-refractivity contribution in [2.45, 2.75) is 25.7 Å². The number of hydrogen-bond acceptors (Lipinski definition) is 7. The van der Waals surface area contributed by atoms with Crippen LogP contribution in [0.4, 0.5) is 4.39 Å². The van der Waals surface area contributed by atoms with Gasteiger partial charge in [-0.05, 0) is 42.0 Å². The number of hydrogen-bond donors (Lipinski definition) is 2. The van der Waals surface area contributed by atoms with E-state index in [1.54, 1.807) is 22.8 Å². The molecular weight excluding hydrogens is 553 g/mol. The lowest BCUT2D eigenvalue weighted by molar-refractivity contribution is -0.128. The van der Waals surface area contributed by atoms with E-state index in [4.69, 9.17) is 25.5 Å². The molecule has 0 aliphatic carbocycles. The number of rotatable bonds is 11. The number of carbonyl (C=O) groups is 2. The van der Waals surface area contributed by atoms with Crippen molar-refractivity contribution >= 4 is 22.9 Å². The number of benzene rings is 3. The van der Waals surface area contributed by atoms with Gasteiger partial charge in [0.1, 0.15) is 18.2 Å². The lowest BCUT2D eigenvalue weighted by atomic mass is 10.1. The smallest absolute Gasteiger partial charge is 0.335 e. The Morgan fingerprint density at radius 1 is 1.07 bits per heavy atom. The summed E-state index contributed by atoms with van der Waals surface area (Å²) in [7, 11) is 1.38. The number of ether oxygens (including phenoxy) is 2. The van der Waals surface area contributed by atoms with Gasteiger partial charge in [-0.25, -0.2) is 19.2 Å². The summed E-state index contributed by atoms with van der Waals surface area (Å²) in [6, 6.07) is 23.7. The molecular formula is C32H26FN5O5. The van der Waals surface area contributed by atoms with E-state index in [1.165, 1.54) is 37.4 Å². The van der Waals surface area contributed by atoms with Crippen LogP contribution in [0.2, 0.25) is 0 Å². The first-order valence-corrected chi connectivity index (χ1v) is 13.2. The normalized spacial score (nSPS) is 11.7. The maximum Gasteiger partial charge on any atom is 0.335 e. The van der Waals surface area contributed by atoms with E-state index in [1.807, 2.05) is 36.4 Å². The third-order valence-electron chi connectivity index (χ3n) is 6.92. The number of imidazole rings is 1. The molecule has 3 aromatic carbocycles. The summed E-state index contributed by atoms with van der Waals surface area (Å²) in [5.74, 6) is -1.31. The zero-order valence-electron chi connectivity index (χ0n) is 23.0. The highest BCUT2D eigenvalue weighted by molar-refractivity contribution is 5.92. The van der Waals surface area contributed by atoms with Crippen molar-refractivity contribution in [1.82, 2.24) is 14.5 Å². The molecule has 2 aromatic heterocycles. The minimum absolute atomic E-state index is 0.0401. The van der Waals surface area contributed by atoms with Crippen molar-refractivity contribution in [3.63, 3.8) is 0 Å². The Bertz CT molecular complexity index is 1860. The molecule has 0 aliphatic rings. The molecule has 11 heteroatoms. The van der Waals surface area contributed by atoms with Crippen LogP contribution in [-0.4, -0.2) is 44.7 Å². The Kier molecular flexibility index (Phi) is 8.41. The molecule has 3 N–H and O–H groups in total. The van der Waals surface area contributed by atoms with Gasteiger partial charge < -0.3 is 24.9 Å². The molecule has 0 fully saturated rings. The van der Waals surface area contributed by atoms with E-state index in [0.717, 1.165) is 11.1 Å². The number of aromatic carboxylic acids is 1. The standard InChI is InChI=1S/C32H26FN5O5/c1-42-28(31(35)39)17-38-27-15-22(32(40)41)11-12-26(27)36-29(38)14-19-5-8-21(9-6-19)25-3-2-4-30(37-25)43-18-23-10-7-20(16-34)13-24(23)33/h2-13,15,28H,14,17-18H2,1H3,(H2,35,39)(H,40,41)/t28-/m0/s1. The molecule has 0 radical (unpaired) electrons. The van der Waals surface area contributed by atoms with Crippen molar-refractivity contribution in [2.24, 2.45) is 5.73 Å². The molecule has 1 amide bonds. The van der Waals surface area contributed by atoms with Gasteiger partial charge >= 0.3 is 5.97 Å². The van der Waals surface area contributed by atoms with Gasteiger partial charge in [0.25, 0.3) is 0 Å². The van der Waals surface area contributed by atoms with Crippen molar-refractivity contribution < 1.29 is 28.6 Å². The highest BCUT2D eigenvalue weighted by Crippen LogP contribution is 2.25. The molecule has 0 saturated carbocycles. The molecule has 0 aliphatic heterocycles. The highest BCUT2D eigenvalue weighted by Gasteiger charge is 2.21. The van der Waals surface area contributed by atoms with Crippen LogP contribution < -0.4 is 10.5 Å². The molecule has 0 spiro atoms. The number of nitriles is 1. The molecule has 2 heterocycles. The van der Waals surface area contributed by atoms with Crippen molar-refractivity contribution in [3.8, 4) is 23.2 Å². The van der Waals surface area contributed by atoms with Crippen LogP contribution in [0.1, 0.15) is 32.9 Å². The predicted octanol–water partition coefficient (Wildman–Crippen LogP) is 4.48. The summed E-state index contributed by atoms with van der Waals surface area (Å²) in [6.07, 6.45) is -0.541. The van der Waals surface area contributed by atoms with E-state index in [-0.39, 0.29) is 24.3 Å². The first-order valence-electron chi connectivity index (χ1n) is 13.2. The van der Waals surface area contributed by atoms with E-state index >= 15 is 0 Å². The summed E-state index contributed by atoms with van der Waals surface area (Å²) in [5.41, 5.74) is 9.67. The number of nitrogens with zero attached hydrogens (tertiary/aromatic N) is 4. The van der Waals surface area contributed by atoms with Crippen LogP contribution in [0.5, 0.6) is 5.88 Å². The van der Waals surface area contributed by atoms with Crippen LogP contribution in [0.25, 0.3) is 22.3 Å². The van der Waals surface area contributed by atoms with E-state index in [0.29, 0.717) is 40.4 Å². The summed E-state index contributed by atoms with van der Waals surface area (Å²) < 4.78 is 26.9. The Balaban J connectivity index is 1.36. The second kappa shape index (κ2) is 12.5. The van der Waals surface area contributed by atoms with Gasteiger partial charge in [0.15, 0.2) is 6.10 Å². The SMILES string of the molecule is CO[C@@H](Cn1c(Cc2ccc(-c3cccc(OCc4ccc(C#N)cc4F)n3)cc2)nc2ccc(C(=O)O)cc21)C(N)=O. The largest absolute Gasteiger partial charge is 0.478 e. The third-order valence-corrected chi connectivity index (χ3v) is 6.92. The number of halogens is 1. The van der Waals surface area contributed by atoms with E-state index < -0.39 is 23.8 Å². The van der Waals surface area contributed by atoms with Gasteiger partial charge in [-0.15, -0.1) is 0 Å². The number of carboxylic acid groups (broad SMARTS) is 1. The zero-order chi connectivity index (χ0) is 30.5. The number of nitrogens with two attached hydrogens (primary N) is 1. The first-order chi connectivity index (χ1) is 20.7. The fourth-order valence-electron chi connectivity index (χ4n) is 4.61. The minimum Gasteiger partial charge on any atom is -0.478 e. The number of fused-ring (bicyclic) bond motifs is 1. The van der Waals surface area contributed by atoms with Crippen LogP contribution in [-0.2, 0) is 29.1 Å². The van der Waals surface area contributed by atoms with Gasteiger partial charge in [0, 0.05) is 30.7 Å². The molecule has 10 nitrogen and oxygen atoms in total. The number of aromatic nitrogens is 3. The van der Waals surface area contributed by atoms with Crippen molar-refractivity contribution in [2.75, 3.05) is 7.11 Å². The second-order valence-electron chi connectivity index (χ2n) is 9.72. The fourth-order valence-corrected chi connectivity index (χ4v) is 4.61. The highest BCUT2D eigenvalue weighted by atomic mass is 19.1. The fraction of sp³-hybridized carbons (Fsp3) is 0.156. The van der Waals surface area contributed by atoms with Crippen LogP contribution in [0.15, 0.2) is 78.9 Å². The summed E-state index contributed by atoms with van der Waals surface area (Å²) >= 11 is 0. The quantitative estimate of drug-likeness (QED) is 0.232. The van der Waals surface area contributed by atoms with Crippen LogP contribution >= 0.6 is 0 Å². The average molecular weight is 580 g/mol. The molecule has 1 atom stereocenters. The maximum atomic E-state index is 14.2. The third kappa shape index (κ3) is 6.50. The molecule has 0 saturated heterocycles. The number of amides is 1. The number of carboxylic acids is 1. The van der Waals surface area contributed by atoms with E-state index in [9.17, 15) is 19.1 Å². The van der Waals surface area contributed by atoms with Gasteiger partial charge in [-0.3, -0.25) is 4.79 Å². The number of methoxy groups -OCH3 is 1. The molecule has 43 heavy (non-hydrogen) atoms. The minimum atomic E-state index is -1.07. The summed E-state index contributed by atoms with van der Waals surface area (Å²) in [4.78, 5) is 32.7. The molecule has 0 unspecified atom stereocenters.